The predicted octanol–water partition coefficient (Wildman–Crippen LogP) is 1.71. The molecule has 0 fully saturated rings. The van der Waals surface area contributed by atoms with E-state index in [2.05, 4.69) is 14.5 Å². The molecule has 0 aliphatic heterocycles. The summed E-state index contributed by atoms with van der Waals surface area (Å²) in [6.45, 7) is 0. The number of ether oxygens (including phenoxy) is 2. The third-order valence-electron chi connectivity index (χ3n) is 1.88. The van der Waals surface area contributed by atoms with E-state index in [0.29, 0.717) is 5.56 Å². The molecule has 0 radical (unpaired) electrons. The van der Waals surface area contributed by atoms with Crippen LogP contribution in [0.15, 0.2) is 18.3 Å². The summed E-state index contributed by atoms with van der Waals surface area (Å²) in [6.07, 6.45) is 4.10. The molecule has 90 valence electrons. The van der Waals surface area contributed by atoms with Crippen molar-refractivity contribution in [3.8, 4) is 0 Å². The van der Waals surface area contributed by atoms with Gasteiger partial charge in [-0.3, -0.25) is 0 Å². The topological polar surface area (TPSA) is 65.5 Å². The Kier molecular flexibility index (Phi) is 4.66. The van der Waals surface area contributed by atoms with E-state index in [9.17, 15) is 9.59 Å². The Bertz CT molecular complexity index is 471. The number of methoxy groups -OCH3 is 2. The number of esters is 2. The highest BCUT2D eigenvalue weighted by Crippen LogP contribution is 2.16. The van der Waals surface area contributed by atoms with E-state index in [0.717, 1.165) is 0 Å². The maximum absolute atomic E-state index is 11.3. The standard InChI is InChI=1S/C11H10ClNO4/c1-16-9(14)4-3-7-5-8(11(15)17-2)10(12)13-6-7/h3-6H,1-2H3. The van der Waals surface area contributed by atoms with Crippen molar-refractivity contribution in [2.24, 2.45) is 0 Å². The Morgan fingerprint density at radius 3 is 2.65 bits per heavy atom. The van der Waals surface area contributed by atoms with E-state index in [1.165, 1.54) is 38.6 Å². The molecule has 0 atom stereocenters. The quantitative estimate of drug-likeness (QED) is 0.467. The van der Waals surface area contributed by atoms with Gasteiger partial charge in [-0.15, -0.1) is 0 Å². The second-order valence-electron chi connectivity index (χ2n) is 2.96. The fourth-order valence-electron chi connectivity index (χ4n) is 1.04. The van der Waals surface area contributed by atoms with Gasteiger partial charge in [0.2, 0.25) is 0 Å². The third kappa shape index (κ3) is 3.57. The molecule has 1 aromatic heterocycles. The Hall–Kier alpha value is -1.88. The largest absolute Gasteiger partial charge is 0.466 e. The predicted molar refractivity (Wildman–Crippen MR) is 61.6 cm³/mol. The first-order valence-electron chi connectivity index (χ1n) is 4.58. The van der Waals surface area contributed by atoms with Gasteiger partial charge in [-0.05, 0) is 17.7 Å². The summed E-state index contributed by atoms with van der Waals surface area (Å²) in [4.78, 5) is 26.0. The Morgan fingerprint density at radius 1 is 1.35 bits per heavy atom. The molecule has 0 unspecified atom stereocenters. The van der Waals surface area contributed by atoms with Crippen LogP contribution < -0.4 is 0 Å². The van der Waals surface area contributed by atoms with Crippen molar-refractivity contribution < 1.29 is 19.1 Å². The van der Waals surface area contributed by atoms with E-state index in [4.69, 9.17) is 11.6 Å². The number of nitrogens with zero attached hydrogens (tertiary/aromatic N) is 1. The first kappa shape index (κ1) is 13.2. The van der Waals surface area contributed by atoms with E-state index in [1.807, 2.05) is 0 Å². The first-order chi connectivity index (χ1) is 8.08. The molecule has 17 heavy (non-hydrogen) atoms. The molecule has 0 aliphatic carbocycles. The van der Waals surface area contributed by atoms with Crippen LogP contribution in [0.1, 0.15) is 15.9 Å². The van der Waals surface area contributed by atoms with Crippen LogP contribution in [0.2, 0.25) is 5.15 Å². The summed E-state index contributed by atoms with van der Waals surface area (Å²) in [7, 11) is 2.52. The van der Waals surface area contributed by atoms with Crippen molar-refractivity contribution in [1.82, 2.24) is 4.98 Å². The lowest BCUT2D eigenvalue weighted by molar-refractivity contribution is -0.134. The number of carbonyl (C=O) groups excluding carboxylic acids is 2. The van der Waals surface area contributed by atoms with E-state index in [-0.39, 0.29) is 10.7 Å². The minimum atomic E-state index is -0.587. The molecule has 1 aromatic rings. The molecule has 0 bridgehead atoms. The number of aromatic nitrogens is 1. The second kappa shape index (κ2) is 6.00. The highest BCUT2D eigenvalue weighted by molar-refractivity contribution is 6.32. The molecule has 0 aliphatic rings. The monoisotopic (exact) mass is 255 g/mol. The normalized spacial score (nSPS) is 10.3. The van der Waals surface area contributed by atoms with Crippen LogP contribution in [0.25, 0.3) is 6.08 Å². The van der Waals surface area contributed by atoms with Crippen LogP contribution in [0.3, 0.4) is 0 Å². The Labute approximate surface area is 103 Å². The smallest absolute Gasteiger partial charge is 0.341 e. The number of pyridine rings is 1. The zero-order chi connectivity index (χ0) is 12.8. The van der Waals surface area contributed by atoms with Crippen molar-refractivity contribution in [3.63, 3.8) is 0 Å². The van der Waals surface area contributed by atoms with Crippen LogP contribution in [0.5, 0.6) is 0 Å². The highest BCUT2D eigenvalue weighted by Gasteiger charge is 2.11. The van der Waals surface area contributed by atoms with Gasteiger partial charge in [0, 0.05) is 12.3 Å². The lowest BCUT2D eigenvalue weighted by atomic mass is 10.2. The minimum Gasteiger partial charge on any atom is -0.466 e. The van der Waals surface area contributed by atoms with Gasteiger partial charge in [-0.25, -0.2) is 14.6 Å². The number of halogens is 1. The molecule has 1 heterocycles. The SMILES string of the molecule is COC(=O)C=Cc1cnc(Cl)c(C(=O)OC)c1. The van der Waals surface area contributed by atoms with Crippen molar-refractivity contribution in [2.75, 3.05) is 14.2 Å². The van der Waals surface area contributed by atoms with Crippen LogP contribution in [0, 0.1) is 0 Å². The van der Waals surface area contributed by atoms with Gasteiger partial charge in [0.05, 0.1) is 19.8 Å². The molecular weight excluding hydrogens is 246 g/mol. The van der Waals surface area contributed by atoms with Crippen molar-refractivity contribution in [2.45, 2.75) is 0 Å². The van der Waals surface area contributed by atoms with Gasteiger partial charge in [0.25, 0.3) is 0 Å². The summed E-state index contributed by atoms with van der Waals surface area (Å²) in [5.74, 6) is -1.09. The summed E-state index contributed by atoms with van der Waals surface area (Å²) in [5.41, 5.74) is 0.682. The van der Waals surface area contributed by atoms with E-state index >= 15 is 0 Å². The zero-order valence-corrected chi connectivity index (χ0v) is 10.0. The molecule has 0 saturated carbocycles. The molecule has 5 nitrogen and oxygen atoms in total. The average Bonchev–Trinajstić information content (AvgIpc) is 2.36. The molecule has 0 aromatic carbocycles. The lowest BCUT2D eigenvalue weighted by Gasteiger charge is -2.02. The summed E-state index contributed by atoms with van der Waals surface area (Å²) >= 11 is 5.73. The molecule has 0 amide bonds. The Balaban J connectivity index is 3.00. The Morgan fingerprint density at radius 2 is 2.06 bits per heavy atom. The average molecular weight is 256 g/mol. The van der Waals surface area contributed by atoms with Gasteiger partial charge in [0.1, 0.15) is 5.15 Å². The van der Waals surface area contributed by atoms with Gasteiger partial charge >= 0.3 is 11.9 Å². The molecule has 6 heteroatoms. The van der Waals surface area contributed by atoms with Gasteiger partial charge in [-0.2, -0.15) is 0 Å². The first-order valence-corrected chi connectivity index (χ1v) is 4.96. The van der Waals surface area contributed by atoms with Crippen LogP contribution in [-0.4, -0.2) is 31.1 Å². The summed E-state index contributed by atoms with van der Waals surface area (Å²) < 4.78 is 8.97. The van der Waals surface area contributed by atoms with Crippen molar-refractivity contribution >= 4 is 29.6 Å². The summed E-state index contributed by atoms with van der Waals surface area (Å²) in [5, 5.41) is 0.0482. The number of hydrogen-bond donors (Lipinski definition) is 0. The number of hydrogen-bond acceptors (Lipinski definition) is 5. The highest BCUT2D eigenvalue weighted by atomic mass is 35.5. The van der Waals surface area contributed by atoms with Crippen LogP contribution >= 0.6 is 11.6 Å². The van der Waals surface area contributed by atoms with Crippen LogP contribution in [-0.2, 0) is 14.3 Å². The molecule has 0 saturated heterocycles. The van der Waals surface area contributed by atoms with E-state index in [1.54, 1.807) is 0 Å². The van der Waals surface area contributed by atoms with Crippen LogP contribution in [0.4, 0.5) is 0 Å². The third-order valence-corrected chi connectivity index (χ3v) is 2.18. The number of carbonyl (C=O) groups is 2. The fourth-order valence-corrected chi connectivity index (χ4v) is 1.22. The molecule has 1 rings (SSSR count). The maximum atomic E-state index is 11.3. The summed E-state index contributed by atoms with van der Waals surface area (Å²) in [6, 6.07) is 1.47. The zero-order valence-electron chi connectivity index (χ0n) is 9.27. The van der Waals surface area contributed by atoms with Gasteiger partial charge in [0.15, 0.2) is 0 Å². The van der Waals surface area contributed by atoms with Crippen molar-refractivity contribution in [3.05, 3.63) is 34.6 Å². The molecular formula is C11H10ClNO4. The fraction of sp³-hybridized carbons (Fsp3) is 0.182. The molecule has 0 N–H and O–H groups in total. The van der Waals surface area contributed by atoms with Crippen molar-refractivity contribution in [1.29, 1.82) is 0 Å². The van der Waals surface area contributed by atoms with Gasteiger partial charge in [-0.1, -0.05) is 11.6 Å². The van der Waals surface area contributed by atoms with E-state index < -0.39 is 11.9 Å². The number of rotatable bonds is 3. The lowest BCUT2D eigenvalue weighted by Crippen LogP contribution is -2.03. The maximum Gasteiger partial charge on any atom is 0.341 e. The minimum absolute atomic E-state index is 0.0482. The van der Waals surface area contributed by atoms with Gasteiger partial charge < -0.3 is 9.47 Å². The second-order valence-corrected chi connectivity index (χ2v) is 3.31. The molecule has 0 spiro atoms.